The number of nitrogens with zero attached hydrogens (tertiary/aromatic N) is 1. The molecule has 5 rings (SSSR count). The second-order valence-electron chi connectivity index (χ2n) is 8.72. The molecule has 0 aromatic carbocycles. The maximum Gasteiger partial charge on any atom is 0.317 e. The molecule has 1 aliphatic heterocycles. The van der Waals surface area contributed by atoms with Crippen LogP contribution in [0, 0.1) is 23.2 Å². The third-order valence-corrected chi connectivity index (χ3v) is 7.14. The number of H-pyrrole nitrogens is 1. The van der Waals surface area contributed by atoms with Crippen LogP contribution in [0.4, 0.5) is 5.69 Å². The highest BCUT2D eigenvalue weighted by Gasteiger charge is 2.56. The molecule has 138 valence electrons. The number of fused-ring (bicyclic) bond motifs is 2. The first-order valence-electron chi connectivity index (χ1n) is 9.62. The van der Waals surface area contributed by atoms with Crippen molar-refractivity contribution in [3.05, 3.63) is 26.8 Å². The third kappa shape index (κ3) is 2.65. The molecule has 1 aromatic heterocycles. The molecule has 2 bridgehead atoms. The van der Waals surface area contributed by atoms with Crippen molar-refractivity contribution < 1.29 is 4.74 Å². The standard InChI is InChI=1S/C19H29N3O3/c1-11-13-8-12(19(13,2)3)9-14(11)21-15-10-20-22(18(24)17(15)23)16-6-4-5-7-25-16/h10-14,16,20-21H,4-9H2,1-3H3/t11-,12+,13-,14-,16?/m1/s1. The van der Waals surface area contributed by atoms with Crippen LogP contribution in [0.1, 0.15) is 59.1 Å². The lowest BCUT2D eigenvalue weighted by Gasteiger charge is -2.62. The van der Waals surface area contributed by atoms with E-state index in [1.54, 1.807) is 6.20 Å². The molecule has 0 amide bonds. The SMILES string of the molecule is C[C@@H]1[C@H]2C[C@@H](C[C@H]1Nc1c[nH]n(C3CCCCO3)c(=O)c1=O)C2(C)C. The summed E-state index contributed by atoms with van der Waals surface area (Å²) in [5.41, 5.74) is -0.177. The number of hydrogen-bond acceptors (Lipinski definition) is 4. The molecule has 3 saturated carbocycles. The molecule has 25 heavy (non-hydrogen) atoms. The van der Waals surface area contributed by atoms with Crippen molar-refractivity contribution in [3.63, 3.8) is 0 Å². The van der Waals surface area contributed by atoms with Crippen molar-refractivity contribution in [2.45, 2.75) is 65.1 Å². The number of rotatable bonds is 3. The van der Waals surface area contributed by atoms with Gasteiger partial charge in [0.25, 0.3) is 5.43 Å². The largest absolute Gasteiger partial charge is 0.377 e. The Balaban J connectivity index is 1.53. The quantitative estimate of drug-likeness (QED) is 0.824. The first kappa shape index (κ1) is 16.9. The summed E-state index contributed by atoms with van der Waals surface area (Å²) in [5.74, 6) is 1.91. The topological polar surface area (TPSA) is 76.1 Å². The van der Waals surface area contributed by atoms with E-state index in [4.69, 9.17) is 4.74 Å². The van der Waals surface area contributed by atoms with E-state index in [2.05, 4.69) is 31.2 Å². The zero-order valence-electron chi connectivity index (χ0n) is 15.4. The van der Waals surface area contributed by atoms with Gasteiger partial charge in [-0.25, -0.2) is 4.68 Å². The van der Waals surface area contributed by atoms with Gasteiger partial charge in [-0.2, -0.15) is 0 Å². The zero-order chi connectivity index (χ0) is 17.8. The van der Waals surface area contributed by atoms with Gasteiger partial charge in [-0.3, -0.25) is 14.7 Å². The molecular weight excluding hydrogens is 318 g/mol. The fraction of sp³-hybridized carbons (Fsp3) is 0.789. The Labute approximate surface area is 147 Å². The van der Waals surface area contributed by atoms with Gasteiger partial charge in [-0.05, 0) is 55.3 Å². The molecule has 6 heteroatoms. The van der Waals surface area contributed by atoms with E-state index in [1.807, 2.05) is 0 Å². The van der Waals surface area contributed by atoms with E-state index >= 15 is 0 Å². The van der Waals surface area contributed by atoms with Crippen LogP contribution >= 0.6 is 0 Å². The van der Waals surface area contributed by atoms with Crippen LogP contribution in [0.2, 0.25) is 0 Å². The maximum atomic E-state index is 12.6. The minimum atomic E-state index is -0.522. The number of aromatic amines is 1. The van der Waals surface area contributed by atoms with Gasteiger partial charge in [0, 0.05) is 18.8 Å². The van der Waals surface area contributed by atoms with Crippen molar-refractivity contribution in [2.24, 2.45) is 23.2 Å². The molecule has 1 aromatic rings. The van der Waals surface area contributed by atoms with E-state index in [0.29, 0.717) is 35.5 Å². The first-order chi connectivity index (χ1) is 11.9. The average Bonchev–Trinajstić information content (AvgIpc) is 2.61. The number of nitrogens with one attached hydrogen (secondary N) is 2. The summed E-state index contributed by atoms with van der Waals surface area (Å²) in [6.45, 7) is 7.62. The maximum absolute atomic E-state index is 12.6. The van der Waals surface area contributed by atoms with Crippen LogP contribution in [0.5, 0.6) is 0 Å². The zero-order valence-corrected chi connectivity index (χ0v) is 15.4. The minimum Gasteiger partial charge on any atom is -0.377 e. The van der Waals surface area contributed by atoms with Crippen LogP contribution < -0.4 is 16.3 Å². The fourth-order valence-electron chi connectivity index (χ4n) is 5.27. The van der Waals surface area contributed by atoms with Crippen LogP contribution in [-0.2, 0) is 4.74 Å². The summed E-state index contributed by atoms with van der Waals surface area (Å²) < 4.78 is 6.97. The lowest BCUT2D eigenvalue weighted by Crippen LogP contribution is -2.58. The molecule has 0 radical (unpaired) electrons. The second-order valence-corrected chi connectivity index (χ2v) is 8.72. The van der Waals surface area contributed by atoms with Crippen molar-refractivity contribution >= 4 is 5.69 Å². The van der Waals surface area contributed by atoms with Crippen LogP contribution in [0.25, 0.3) is 0 Å². The Morgan fingerprint density at radius 3 is 2.72 bits per heavy atom. The molecule has 3 aliphatic carbocycles. The monoisotopic (exact) mass is 347 g/mol. The summed E-state index contributed by atoms with van der Waals surface area (Å²) >= 11 is 0. The molecule has 1 saturated heterocycles. The predicted molar refractivity (Wildman–Crippen MR) is 96.7 cm³/mol. The van der Waals surface area contributed by atoms with Crippen molar-refractivity contribution in [2.75, 3.05) is 11.9 Å². The third-order valence-electron chi connectivity index (χ3n) is 7.14. The Kier molecular flexibility index (Phi) is 4.06. The van der Waals surface area contributed by atoms with E-state index in [-0.39, 0.29) is 12.3 Å². The van der Waals surface area contributed by atoms with Gasteiger partial charge in [0.1, 0.15) is 5.69 Å². The highest BCUT2D eigenvalue weighted by Crippen LogP contribution is 2.61. The lowest BCUT2D eigenvalue weighted by molar-refractivity contribution is -0.105. The Bertz CT molecular complexity index is 760. The molecule has 2 heterocycles. The van der Waals surface area contributed by atoms with Gasteiger partial charge < -0.3 is 10.1 Å². The summed E-state index contributed by atoms with van der Waals surface area (Å²) in [7, 11) is 0. The van der Waals surface area contributed by atoms with Gasteiger partial charge >= 0.3 is 5.56 Å². The van der Waals surface area contributed by atoms with Gasteiger partial charge in [-0.1, -0.05) is 20.8 Å². The molecular formula is C19H29N3O3. The number of ether oxygens (including phenoxy) is 1. The summed E-state index contributed by atoms with van der Waals surface area (Å²) in [6, 6.07) is 0.263. The average molecular weight is 347 g/mol. The van der Waals surface area contributed by atoms with Crippen LogP contribution in [-0.4, -0.2) is 22.4 Å². The van der Waals surface area contributed by atoms with Gasteiger partial charge in [0.05, 0.1) is 0 Å². The molecule has 5 atom stereocenters. The number of hydrogen-bond donors (Lipinski definition) is 2. The van der Waals surface area contributed by atoms with E-state index in [9.17, 15) is 9.59 Å². The molecule has 4 fully saturated rings. The summed E-state index contributed by atoms with van der Waals surface area (Å²) in [5, 5.41) is 6.35. The summed E-state index contributed by atoms with van der Waals surface area (Å²) in [6.07, 6.45) is 6.44. The predicted octanol–water partition coefficient (Wildman–Crippen LogP) is 2.72. The molecule has 4 aliphatic rings. The van der Waals surface area contributed by atoms with E-state index < -0.39 is 11.0 Å². The fourth-order valence-corrected chi connectivity index (χ4v) is 5.27. The molecule has 2 N–H and O–H groups in total. The Morgan fingerprint density at radius 1 is 1.28 bits per heavy atom. The Hall–Kier alpha value is -1.56. The van der Waals surface area contributed by atoms with Crippen molar-refractivity contribution in [1.82, 2.24) is 9.78 Å². The smallest absolute Gasteiger partial charge is 0.317 e. The molecule has 0 spiro atoms. The lowest BCUT2D eigenvalue weighted by atomic mass is 9.45. The molecule has 6 nitrogen and oxygen atoms in total. The van der Waals surface area contributed by atoms with Gasteiger partial charge in [0.2, 0.25) is 0 Å². The van der Waals surface area contributed by atoms with Gasteiger partial charge in [-0.15, -0.1) is 0 Å². The van der Waals surface area contributed by atoms with Crippen LogP contribution in [0.15, 0.2) is 15.8 Å². The number of aromatic nitrogens is 2. The minimum absolute atomic E-state index is 0.263. The normalized spacial score (nSPS) is 36.5. The highest BCUT2D eigenvalue weighted by atomic mass is 16.5. The molecule has 1 unspecified atom stereocenters. The first-order valence-corrected chi connectivity index (χ1v) is 9.62. The van der Waals surface area contributed by atoms with Crippen molar-refractivity contribution in [1.29, 1.82) is 0 Å². The van der Waals surface area contributed by atoms with E-state index in [1.165, 1.54) is 11.1 Å². The highest BCUT2D eigenvalue weighted by molar-refractivity contribution is 5.41. The van der Waals surface area contributed by atoms with Crippen LogP contribution in [0.3, 0.4) is 0 Å². The number of anilines is 1. The van der Waals surface area contributed by atoms with Crippen molar-refractivity contribution in [3.8, 4) is 0 Å². The Morgan fingerprint density at radius 2 is 2.08 bits per heavy atom. The van der Waals surface area contributed by atoms with Gasteiger partial charge in [0.15, 0.2) is 6.23 Å². The summed E-state index contributed by atoms with van der Waals surface area (Å²) in [4.78, 5) is 25.0. The van der Waals surface area contributed by atoms with E-state index in [0.717, 1.165) is 25.7 Å². The second kappa shape index (κ2) is 6.01.